The summed E-state index contributed by atoms with van der Waals surface area (Å²) in [7, 11) is 0. The number of carbonyl (C=O) groups is 1. The van der Waals surface area contributed by atoms with Crippen molar-refractivity contribution in [2.75, 3.05) is 0 Å². The summed E-state index contributed by atoms with van der Waals surface area (Å²) < 4.78 is 5.29. The van der Waals surface area contributed by atoms with Crippen molar-refractivity contribution in [1.29, 1.82) is 0 Å². The van der Waals surface area contributed by atoms with Crippen LogP contribution < -0.4 is 0 Å². The van der Waals surface area contributed by atoms with Crippen molar-refractivity contribution in [2.24, 2.45) is 0 Å². The SMILES string of the molecule is CCC(C)(C)OC(=O)c1c(Cl)ccnc1Cl. The van der Waals surface area contributed by atoms with E-state index in [-0.39, 0.29) is 15.7 Å². The normalized spacial score (nSPS) is 11.3. The fourth-order valence-electron chi connectivity index (χ4n) is 0.970. The Bertz CT molecular complexity index is 385. The maximum absolute atomic E-state index is 11.8. The van der Waals surface area contributed by atoms with Crippen LogP contribution in [0.4, 0.5) is 0 Å². The van der Waals surface area contributed by atoms with Crippen LogP contribution in [0.5, 0.6) is 0 Å². The highest BCUT2D eigenvalue weighted by molar-refractivity contribution is 6.38. The lowest BCUT2D eigenvalue weighted by atomic mass is 10.1. The quantitative estimate of drug-likeness (QED) is 0.615. The molecule has 88 valence electrons. The molecule has 0 unspecified atom stereocenters. The Morgan fingerprint density at radius 2 is 2.12 bits per heavy atom. The van der Waals surface area contributed by atoms with Crippen LogP contribution in [0.3, 0.4) is 0 Å². The van der Waals surface area contributed by atoms with Gasteiger partial charge in [0, 0.05) is 6.20 Å². The van der Waals surface area contributed by atoms with Gasteiger partial charge in [-0.1, -0.05) is 30.1 Å². The van der Waals surface area contributed by atoms with Crippen LogP contribution in [0, 0.1) is 0 Å². The van der Waals surface area contributed by atoms with E-state index in [2.05, 4.69) is 4.98 Å². The third-order valence-electron chi connectivity index (χ3n) is 2.28. The number of rotatable bonds is 3. The lowest BCUT2D eigenvalue weighted by Gasteiger charge is -2.23. The van der Waals surface area contributed by atoms with Gasteiger partial charge in [0.1, 0.15) is 16.3 Å². The summed E-state index contributed by atoms with van der Waals surface area (Å²) in [5, 5.41) is 0.307. The Kier molecular flexibility index (Phi) is 4.16. The number of halogens is 2. The molecular formula is C11H13Cl2NO2. The van der Waals surface area contributed by atoms with Gasteiger partial charge in [0.25, 0.3) is 0 Å². The van der Waals surface area contributed by atoms with E-state index in [1.165, 1.54) is 12.3 Å². The minimum atomic E-state index is -0.546. The van der Waals surface area contributed by atoms with Gasteiger partial charge in [-0.3, -0.25) is 0 Å². The molecule has 1 aromatic heterocycles. The van der Waals surface area contributed by atoms with Gasteiger partial charge in [-0.2, -0.15) is 0 Å². The smallest absolute Gasteiger partial charge is 0.343 e. The second kappa shape index (κ2) is 5.02. The highest BCUT2D eigenvalue weighted by atomic mass is 35.5. The van der Waals surface area contributed by atoms with E-state index in [1.54, 1.807) is 0 Å². The van der Waals surface area contributed by atoms with Gasteiger partial charge in [-0.05, 0) is 26.3 Å². The molecule has 3 nitrogen and oxygen atoms in total. The van der Waals surface area contributed by atoms with Crippen molar-refractivity contribution in [3.05, 3.63) is 28.0 Å². The molecule has 1 aromatic rings. The molecule has 0 saturated carbocycles. The van der Waals surface area contributed by atoms with Crippen LogP contribution in [0.2, 0.25) is 10.2 Å². The number of hydrogen-bond acceptors (Lipinski definition) is 3. The van der Waals surface area contributed by atoms with Gasteiger partial charge >= 0.3 is 5.97 Å². The predicted octanol–water partition coefficient (Wildman–Crippen LogP) is 3.73. The molecule has 0 aliphatic heterocycles. The van der Waals surface area contributed by atoms with Crippen molar-refractivity contribution in [1.82, 2.24) is 4.98 Å². The van der Waals surface area contributed by atoms with Crippen molar-refractivity contribution in [3.63, 3.8) is 0 Å². The first-order chi connectivity index (χ1) is 7.37. The lowest BCUT2D eigenvalue weighted by Crippen LogP contribution is -2.27. The first kappa shape index (κ1) is 13.3. The Hall–Kier alpha value is -0.800. The van der Waals surface area contributed by atoms with E-state index in [4.69, 9.17) is 27.9 Å². The maximum atomic E-state index is 11.8. The van der Waals surface area contributed by atoms with Gasteiger partial charge in [0.2, 0.25) is 0 Å². The van der Waals surface area contributed by atoms with E-state index in [0.29, 0.717) is 6.42 Å². The van der Waals surface area contributed by atoms with Gasteiger partial charge in [0.05, 0.1) is 5.02 Å². The summed E-state index contributed by atoms with van der Waals surface area (Å²) in [5.41, 5.74) is -0.424. The molecule has 0 spiro atoms. The number of aromatic nitrogens is 1. The highest BCUT2D eigenvalue weighted by Gasteiger charge is 2.25. The second-order valence-corrected chi connectivity index (χ2v) is 4.73. The molecule has 5 heteroatoms. The van der Waals surface area contributed by atoms with Crippen molar-refractivity contribution < 1.29 is 9.53 Å². The molecular weight excluding hydrogens is 249 g/mol. The summed E-state index contributed by atoms with van der Waals surface area (Å²) in [6.45, 7) is 5.58. The molecule has 0 fully saturated rings. The average molecular weight is 262 g/mol. The minimum absolute atomic E-state index is 0.0596. The van der Waals surface area contributed by atoms with E-state index in [1.807, 2.05) is 20.8 Å². The Balaban J connectivity index is 2.98. The molecule has 0 saturated heterocycles. The fraction of sp³-hybridized carbons (Fsp3) is 0.455. The zero-order valence-electron chi connectivity index (χ0n) is 9.38. The molecule has 0 bridgehead atoms. The zero-order chi connectivity index (χ0) is 12.3. The van der Waals surface area contributed by atoms with Gasteiger partial charge in [0.15, 0.2) is 0 Å². The lowest BCUT2D eigenvalue weighted by molar-refractivity contribution is -0.00243. The van der Waals surface area contributed by atoms with E-state index >= 15 is 0 Å². The molecule has 0 atom stereocenters. The van der Waals surface area contributed by atoms with Crippen LogP contribution in [-0.4, -0.2) is 16.6 Å². The van der Waals surface area contributed by atoms with Crippen LogP contribution in [0.15, 0.2) is 12.3 Å². The van der Waals surface area contributed by atoms with E-state index in [9.17, 15) is 4.79 Å². The molecule has 0 radical (unpaired) electrons. The molecule has 1 heterocycles. The summed E-state index contributed by atoms with van der Waals surface area (Å²) in [6, 6.07) is 1.50. The van der Waals surface area contributed by atoms with Crippen LogP contribution >= 0.6 is 23.2 Å². The summed E-state index contributed by atoms with van der Waals surface area (Å²) in [6.07, 6.45) is 2.14. The number of hydrogen-bond donors (Lipinski definition) is 0. The predicted molar refractivity (Wildman–Crippen MR) is 64.0 cm³/mol. The molecule has 0 aromatic carbocycles. The summed E-state index contributed by atoms with van der Waals surface area (Å²) in [4.78, 5) is 15.6. The highest BCUT2D eigenvalue weighted by Crippen LogP contribution is 2.25. The van der Waals surface area contributed by atoms with E-state index in [0.717, 1.165) is 0 Å². The minimum Gasteiger partial charge on any atom is -0.456 e. The van der Waals surface area contributed by atoms with Crippen molar-refractivity contribution in [3.8, 4) is 0 Å². The first-order valence-corrected chi connectivity index (χ1v) is 5.66. The monoisotopic (exact) mass is 261 g/mol. The van der Waals surface area contributed by atoms with Crippen LogP contribution in [0.25, 0.3) is 0 Å². The Morgan fingerprint density at radius 3 is 2.62 bits per heavy atom. The summed E-state index contributed by atoms with van der Waals surface area (Å²) >= 11 is 11.7. The molecule has 0 N–H and O–H groups in total. The van der Waals surface area contributed by atoms with Crippen LogP contribution in [0.1, 0.15) is 37.6 Å². The maximum Gasteiger partial charge on any atom is 0.343 e. The molecule has 16 heavy (non-hydrogen) atoms. The number of carbonyl (C=O) groups excluding carboxylic acids is 1. The third-order valence-corrected chi connectivity index (χ3v) is 2.88. The summed E-state index contributed by atoms with van der Waals surface area (Å²) in [5.74, 6) is -0.546. The van der Waals surface area contributed by atoms with Gasteiger partial charge in [-0.15, -0.1) is 0 Å². The van der Waals surface area contributed by atoms with Crippen molar-refractivity contribution in [2.45, 2.75) is 32.8 Å². The number of nitrogens with zero attached hydrogens (tertiary/aromatic N) is 1. The zero-order valence-corrected chi connectivity index (χ0v) is 10.9. The average Bonchev–Trinajstić information content (AvgIpc) is 2.16. The van der Waals surface area contributed by atoms with Crippen LogP contribution in [-0.2, 0) is 4.74 Å². The molecule has 0 amide bonds. The number of esters is 1. The standard InChI is InChI=1S/C11H13Cl2NO2/c1-4-11(2,3)16-10(15)8-7(12)5-6-14-9(8)13/h5-6H,4H2,1-3H3. The first-order valence-electron chi connectivity index (χ1n) is 4.90. The molecule has 0 aliphatic carbocycles. The topological polar surface area (TPSA) is 39.2 Å². The molecule has 0 aliphatic rings. The number of ether oxygens (including phenoxy) is 1. The second-order valence-electron chi connectivity index (χ2n) is 3.96. The van der Waals surface area contributed by atoms with Gasteiger partial charge < -0.3 is 4.74 Å². The fourth-order valence-corrected chi connectivity index (χ4v) is 1.48. The largest absolute Gasteiger partial charge is 0.456 e. The van der Waals surface area contributed by atoms with E-state index < -0.39 is 11.6 Å². The Morgan fingerprint density at radius 1 is 1.50 bits per heavy atom. The molecule has 1 rings (SSSR count). The van der Waals surface area contributed by atoms with Crippen molar-refractivity contribution >= 4 is 29.2 Å². The van der Waals surface area contributed by atoms with Gasteiger partial charge in [-0.25, -0.2) is 9.78 Å². The Labute approximate surface area is 105 Å². The number of pyridine rings is 1. The third kappa shape index (κ3) is 3.09.